The second-order valence-corrected chi connectivity index (χ2v) is 3.36. The Morgan fingerprint density at radius 2 is 2.00 bits per heavy atom. The normalized spacial score (nSPS) is 33.8. The topological polar surface area (TPSA) is 32.3 Å². The molecule has 2 heteroatoms. The van der Waals surface area contributed by atoms with Crippen LogP contribution in [-0.4, -0.2) is 23.8 Å². The first-order chi connectivity index (χ1) is 5.84. The van der Waals surface area contributed by atoms with E-state index in [1.807, 2.05) is 0 Å². The van der Waals surface area contributed by atoms with E-state index in [1.54, 1.807) is 0 Å². The molecule has 12 heavy (non-hydrogen) atoms. The first kappa shape index (κ1) is 9.75. The standard InChI is InChI=1S/C10H19NO/c1-2-11-9-7-5-3-4-6-8-10(9)12/h3-4,9-12H,2,5-8H2,1H3/b4-3-. The molecule has 1 aliphatic rings. The minimum atomic E-state index is -0.158. The average molecular weight is 169 g/mol. The van der Waals surface area contributed by atoms with Gasteiger partial charge in [-0.2, -0.15) is 0 Å². The van der Waals surface area contributed by atoms with Crippen molar-refractivity contribution in [3.05, 3.63) is 12.2 Å². The van der Waals surface area contributed by atoms with Crippen molar-refractivity contribution in [2.75, 3.05) is 6.54 Å². The van der Waals surface area contributed by atoms with Crippen LogP contribution in [0.3, 0.4) is 0 Å². The van der Waals surface area contributed by atoms with E-state index in [2.05, 4.69) is 24.4 Å². The Kier molecular flexibility index (Phi) is 4.33. The molecule has 0 amide bonds. The molecule has 2 unspecified atom stereocenters. The van der Waals surface area contributed by atoms with Crippen LogP contribution in [0.2, 0.25) is 0 Å². The predicted octanol–water partition coefficient (Wildman–Crippen LogP) is 1.46. The maximum Gasteiger partial charge on any atom is 0.0696 e. The van der Waals surface area contributed by atoms with E-state index in [4.69, 9.17) is 0 Å². The van der Waals surface area contributed by atoms with Gasteiger partial charge in [0, 0.05) is 6.04 Å². The highest BCUT2D eigenvalue weighted by Crippen LogP contribution is 2.12. The summed E-state index contributed by atoms with van der Waals surface area (Å²) < 4.78 is 0. The molecular weight excluding hydrogens is 150 g/mol. The number of hydrogen-bond donors (Lipinski definition) is 2. The van der Waals surface area contributed by atoms with Crippen molar-refractivity contribution in [2.24, 2.45) is 0 Å². The Balaban J connectivity index is 2.40. The summed E-state index contributed by atoms with van der Waals surface area (Å²) in [5, 5.41) is 13.0. The molecule has 2 N–H and O–H groups in total. The molecule has 0 spiro atoms. The van der Waals surface area contributed by atoms with Gasteiger partial charge in [0.25, 0.3) is 0 Å². The third-order valence-corrected chi connectivity index (χ3v) is 2.37. The van der Waals surface area contributed by atoms with Crippen LogP contribution in [-0.2, 0) is 0 Å². The van der Waals surface area contributed by atoms with E-state index in [9.17, 15) is 5.11 Å². The maximum atomic E-state index is 9.71. The van der Waals surface area contributed by atoms with Crippen LogP contribution in [0, 0.1) is 0 Å². The Labute approximate surface area is 74.7 Å². The summed E-state index contributed by atoms with van der Waals surface area (Å²) in [6.07, 6.45) is 8.30. The summed E-state index contributed by atoms with van der Waals surface area (Å²) in [6.45, 7) is 3.03. The third kappa shape index (κ3) is 2.95. The maximum absolute atomic E-state index is 9.71. The van der Waals surface area contributed by atoms with Crippen molar-refractivity contribution in [3.8, 4) is 0 Å². The SMILES string of the molecule is CCNC1CC/C=C\CCC1O. The molecule has 2 nitrogen and oxygen atoms in total. The number of allylic oxidation sites excluding steroid dienone is 2. The summed E-state index contributed by atoms with van der Waals surface area (Å²) in [5.74, 6) is 0. The molecule has 0 bridgehead atoms. The fraction of sp³-hybridized carbons (Fsp3) is 0.800. The molecule has 0 saturated heterocycles. The molecule has 0 heterocycles. The molecule has 0 fully saturated rings. The van der Waals surface area contributed by atoms with Crippen molar-refractivity contribution in [1.82, 2.24) is 5.32 Å². The lowest BCUT2D eigenvalue weighted by Gasteiger charge is -2.24. The molecule has 70 valence electrons. The Bertz CT molecular complexity index is 145. The summed E-state index contributed by atoms with van der Waals surface area (Å²) in [7, 11) is 0. The molecule has 1 rings (SSSR count). The largest absolute Gasteiger partial charge is 0.391 e. The molecule has 0 radical (unpaired) electrons. The van der Waals surface area contributed by atoms with Crippen molar-refractivity contribution < 1.29 is 5.11 Å². The van der Waals surface area contributed by atoms with Gasteiger partial charge in [0.1, 0.15) is 0 Å². The second-order valence-electron chi connectivity index (χ2n) is 3.36. The average Bonchev–Trinajstić information content (AvgIpc) is 2.05. The lowest BCUT2D eigenvalue weighted by atomic mass is 9.98. The molecule has 0 aromatic rings. The van der Waals surface area contributed by atoms with Crippen molar-refractivity contribution in [1.29, 1.82) is 0 Å². The van der Waals surface area contributed by atoms with Crippen LogP contribution in [0.5, 0.6) is 0 Å². The van der Waals surface area contributed by atoms with Gasteiger partial charge in [-0.1, -0.05) is 19.1 Å². The van der Waals surface area contributed by atoms with Crippen LogP contribution in [0.15, 0.2) is 12.2 Å². The summed E-state index contributed by atoms with van der Waals surface area (Å²) in [6, 6.07) is 0.306. The van der Waals surface area contributed by atoms with E-state index in [0.29, 0.717) is 6.04 Å². The highest BCUT2D eigenvalue weighted by Gasteiger charge is 2.17. The first-order valence-electron chi connectivity index (χ1n) is 4.91. The predicted molar refractivity (Wildman–Crippen MR) is 51.1 cm³/mol. The van der Waals surface area contributed by atoms with Gasteiger partial charge in [-0.25, -0.2) is 0 Å². The van der Waals surface area contributed by atoms with Gasteiger partial charge in [0.05, 0.1) is 6.10 Å². The first-order valence-corrected chi connectivity index (χ1v) is 4.91. The van der Waals surface area contributed by atoms with Crippen molar-refractivity contribution >= 4 is 0 Å². The zero-order valence-corrected chi connectivity index (χ0v) is 7.79. The molecule has 1 aliphatic carbocycles. The smallest absolute Gasteiger partial charge is 0.0696 e. The fourth-order valence-electron chi connectivity index (χ4n) is 1.67. The van der Waals surface area contributed by atoms with Crippen LogP contribution in [0.1, 0.15) is 32.6 Å². The molecule has 0 aromatic heterocycles. The van der Waals surface area contributed by atoms with E-state index in [-0.39, 0.29) is 6.10 Å². The van der Waals surface area contributed by atoms with Gasteiger partial charge in [0.15, 0.2) is 0 Å². The minimum absolute atomic E-state index is 0.158. The van der Waals surface area contributed by atoms with Gasteiger partial charge >= 0.3 is 0 Å². The molecule has 2 atom stereocenters. The van der Waals surface area contributed by atoms with Gasteiger partial charge in [-0.3, -0.25) is 0 Å². The Morgan fingerprint density at radius 1 is 1.33 bits per heavy atom. The van der Waals surface area contributed by atoms with Crippen molar-refractivity contribution in [2.45, 2.75) is 44.8 Å². The van der Waals surface area contributed by atoms with Crippen molar-refractivity contribution in [3.63, 3.8) is 0 Å². The number of rotatable bonds is 2. The lowest BCUT2D eigenvalue weighted by Crippen LogP contribution is -2.39. The zero-order valence-electron chi connectivity index (χ0n) is 7.79. The van der Waals surface area contributed by atoms with Gasteiger partial charge in [-0.05, 0) is 32.2 Å². The zero-order chi connectivity index (χ0) is 8.81. The van der Waals surface area contributed by atoms with Crippen LogP contribution in [0.25, 0.3) is 0 Å². The number of hydrogen-bond acceptors (Lipinski definition) is 2. The van der Waals surface area contributed by atoms with Crippen LogP contribution >= 0.6 is 0 Å². The fourth-order valence-corrected chi connectivity index (χ4v) is 1.67. The summed E-state index contributed by atoms with van der Waals surface area (Å²) in [5.41, 5.74) is 0. The second kappa shape index (κ2) is 5.33. The summed E-state index contributed by atoms with van der Waals surface area (Å²) in [4.78, 5) is 0. The number of aliphatic hydroxyl groups excluding tert-OH is 1. The summed E-state index contributed by atoms with van der Waals surface area (Å²) >= 11 is 0. The third-order valence-electron chi connectivity index (χ3n) is 2.37. The number of aliphatic hydroxyl groups is 1. The van der Waals surface area contributed by atoms with E-state index >= 15 is 0 Å². The number of nitrogens with one attached hydrogen (secondary N) is 1. The van der Waals surface area contributed by atoms with Gasteiger partial charge in [0.2, 0.25) is 0 Å². The quantitative estimate of drug-likeness (QED) is 0.613. The van der Waals surface area contributed by atoms with Gasteiger partial charge < -0.3 is 10.4 Å². The molecule has 0 saturated carbocycles. The molecular formula is C10H19NO. The van der Waals surface area contributed by atoms with Crippen LogP contribution < -0.4 is 5.32 Å². The van der Waals surface area contributed by atoms with E-state index in [1.165, 1.54) is 0 Å². The van der Waals surface area contributed by atoms with Gasteiger partial charge in [-0.15, -0.1) is 0 Å². The Hall–Kier alpha value is -0.340. The molecule has 0 aromatic carbocycles. The van der Waals surface area contributed by atoms with E-state index < -0.39 is 0 Å². The van der Waals surface area contributed by atoms with E-state index in [0.717, 1.165) is 32.2 Å². The number of likely N-dealkylation sites (N-methyl/N-ethyl adjacent to an activating group) is 1. The lowest BCUT2D eigenvalue weighted by molar-refractivity contribution is 0.115. The highest BCUT2D eigenvalue weighted by molar-refractivity contribution is 4.89. The molecule has 0 aliphatic heterocycles. The Morgan fingerprint density at radius 3 is 2.67 bits per heavy atom. The highest BCUT2D eigenvalue weighted by atomic mass is 16.3. The van der Waals surface area contributed by atoms with Crippen LogP contribution in [0.4, 0.5) is 0 Å². The minimum Gasteiger partial charge on any atom is -0.391 e. The monoisotopic (exact) mass is 169 g/mol.